The van der Waals surface area contributed by atoms with Gasteiger partial charge >= 0.3 is 5.97 Å². The molecule has 2 amide bonds. The number of nitrogens with one attached hydrogen (secondary N) is 2. The molecule has 3 aliphatic rings. The van der Waals surface area contributed by atoms with Gasteiger partial charge in [0.15, 0.2) is 6.61 Å². The highest BCUT2D eigenvalue weighted by Gasteiger charge is 2.32. The van der Waals surface area contributed by atoms with Crippen molar-refractivity contribution in [2.75, 3.05) is 40.5 Å². The quantitative estimate of drug-likeness (QED) is 0.436. The van der Waals surface area contributed by atoms with Crippen LogP contribution in [0.3, 0.4) is 0 Å². The highest BCUT2D eigenvalue weighted by molar-refractivity contribution is 5.96. The number of nitrogens with zero attached hydrogens (tertiary/aromatic N) is 1. The molecule has 3 aliphatic heterocycles. The number of hydrogen-bond acceptors (Lipinski definition) is 8. The molecule has 6 rings (SSSR count). The van der Waals surface area contributed by atoms with E-state index in [-0.39, 0.29) is 36.5 Å². The number of rotatable bonds is 5. The van der Waals surface area contributed by atoms with E-state index in [1.54, 1.807) is 31.4 Å². The second-order valence-corrected chi connectivity index (χ2v) is 10.7. The van der Waals surface area contributed by atoms with Gasteiger partial charge in [0.2, 0.25) is 0 Å². The molecule has 2 N–H and O–H groups in total. The Morgan fingerprint density at radius 1 is 1.00 bits per heavy atom. The molecule has 0 aliphatic carbocycles. The van der Waals surface area contributed by atoms with Crippen molar-refractivity contribution in [3.63, 3.8) is 0 Å². The number of fused-ring (bicyclic) bond motifs is 7. The Morgan fingerprint density at radius 3 is 2.63 bits per heavy atom. The number of piperidine rings is 1. The first-order valence-corrected chi connectivity index (χ1v) is 14.5. The van der Waals surface area contributed by atoms with E-state index >= 15 is 0 Å². The predicted molar refractivity (Wildman–Crippen MR) is 160 cm³/mol. The number of ether oxygens (including phenoxy) is 4. The summed E-state index contributed by atoms with van der Waals surface area (Å²) < 4.78 is 22.6. The van der Waals surface area contributed by atoms with Crippen molar-refractivity contribution in [1.82, 2.24) is 15.5 Å². The van der Waals surface area contributed by atoms with Crippen LogP contribution in [0.4, 0.5) is 0 Å². The van der Waals surface area contributed by atoms with Crippen LogP contribution in [0.15, 0.2) is 66.7 Å². The molecule has 0 spiro atoms. The molecule has 2 atom stereocenters. The minimum Gasteiger partial charge on any atom is -0.496 e. The third kappa shape index (κ3) is 7.84. The lowest BCUT2D eigenvalue weighted by Gasteiger charge is -2.39. The Balaban J connectivity index is 1.44. The van der Waals surface area contributed by atoms with E-state index in [1.807, 2.05) is 42.5 Å². The number of methoxy groups -OCH3 is 2. The maximum absolute atomic E-state index is 13.7. The van der Waals surface area contributed by atoms with Crippen LogP contribution in [0.25, 0.3) is 11.1 Å². The standard InChI is InChI=1S/C33H37N3O7/c1-40-29-13-10-24-18-27(29)23-5-3-6-26(17-23)42-21-31(37)34-19-22-8-11-25(12-9-22)43-30-14-16-36(15-4-7-32(38)41-2)20-28(30)35-33(24)39/h3,5-6,8-13,17-18,28,30H,4,7,14-16,19-21H2,1-2H3,(H,34,37)(H,35,39)/t28-,30-/m1/s1. The van der Waals surface area contributed by atoms with Gasteiger partial charge in [-0.15, -0.1) is 0 Å². The van der Waals surface area contributed by atoms with Crippen molar-refractivity contribution in [3.8, 4) is 28.4 Å². The van der Waals surface area contributed by atoms with Crippen LogP contribution >= 0.6 is 0 Å². The van der Waals surface area contributed by atoms with Crippen LogP contribution in [0.1, 0.15) is 35.2 Å². The minimum absolute atomic E-state index is 0.132. The van der Waals surface area contributed by atoms with Crippen molar-refractivity contribution >= 4 is 17.8 Å². The number of amides is 2. The topological polar surface area (TPSA) is 115 Å². The molecule has 1 fully saturated rings. The number of carbonyl (C=O) groups excluding carboxylic acids is 3. The minimum atomic E-state index is -0.300. The smallest absolute Gasteiger partial charge is 0.305 e. The maximum atomic E-state index is 13.7. The number of benzene rings is 3. The van der Waals surface area contributed by atoms with Crippen LogP contribution < -0.4 is 24.8 Å². The van der Waals surface area contributed by atoms with Crippen LogP contribution in [-0.4, -0.2) is 75.3 Å². The summed E-state index contributed by atoms with van der Waals surface area (Å²) in [5, 5.41) is 6.11. The fourth-order valence-electron chi connectivity index (χ4n) is 5.37. The predicted octanol–water partition coefficient (Wildman–Crippen LogP) is 3.58. The van der Waals surface area contributed by atoms with E-state index < -0.39 is 0 Å². The summed E-state index contributed by atoms with van der Waals surface area (Å²) in [6.45, 7) is 2.28. The van der Waals surface area contributed by atoms with Gasteiger partial charge < -0.3 is 34.5 Å². The van der Waals surface area contributed by atoms with Gasteiger partial charge in [-0.1, -0.05) is 24.3 Å². The third-order valence-corrected chi connectivity index (χ3v) is 7.71. The van der Waals surface area contributed by atoms with E-state index in [1.165, 1.54) is 7.11 Å². The Kier molecular flexibility index (Phi) is 9.78. The Hall–Kier alpha value is -4.57. The molecule has 226 valence electrons. The average molecular weight is 588 g/mol. The van der Waals surface area contributed by atoms with Crippen molar-refractivity contribution < 1.29 is 33.3 Å². The highest BCUT2D eigenvalue weighted by Crippen LogP contribution is 2.33. The molecule has 6 bridgehead atoms. The zero-order valence-electron chi connectivity index (χ0n) is 24.5. The third-order valence-electron chi connectivity index (χ3n) is 7.71. The van der Waals surface area contributed by atoms with Crippen LogP contribution in [0, 0.1) is 0 Å². The van der Waals surface area contributed by atoms with Gasteiger partial charge in [-0.2, -0.15) is 0 Å². The summed E-state index contributed by atoms with van der Waals surface area (Å²) in [5.74, 6) is 1.11. The van der Waals surface area contributed by atoms with Gasteiger partial charge in [0.25, 0.3) is 11.8 Å². The first-order chi connectivity index (χ1) is 20.9. The fraction of sp³-hybridized carbons (Fsp3) is 0.364. The van der Waals surface area contributed by atoms with E-state index in [9.17, 15) is 14.4 Å². The van der Waals surface area contributed by atoms with E-state index in [4.69, 9.17) is 18.9 Å². The summed E-state index contributed by atoms with van der Waals surface area (Å²) in [4.78, 5) is 40.0. The molecule has 10 nitrogen and oxygen atoms in total. The molecule has 0 unspecified atom stereocenters. The van der Waals surface area contributed by atoms with Gasteiger partial charge in [-0.05, 0) is 73.0 Å². The molecule has 0 saturated carbocycles. The van der Waals surface area contributed by atoms with Crippen molar-refractivity contribution in [2.24, 2.45) is 0 Å². The summed E-state index contributed by atoms with van der Waals surface area (Å²) in [6, 6.07) is 19.9. The second kappa shape index (κ2) is 14.1. The molecular weight excluding hydrogens is 550 g/mol. The lowest BCUT2D eigenvalue weighted by molar-refractivity contribution is -0.140. The lowest BCUT2D eigenvalue weighted by Crippen LogP contribution is -2.57. The molecule has 10 heteroatoms. The number of carbonyl (C=O) groups is 3. The summed E-state index contributed by atoms with van der Waals surface area (Å²) in [6.07, 6.45) is 1.45. The lowest BCUT2D eigenvalue weighted by atomic mass is 9.99. The normalized spacial score (nSPS) is 19.1. The molecule has 3 aromatic rings. The zero-order chi connectivity index (χ0) is 30.2. The van der Waals surface area contributed by atoms with Crippen molar-refractivity contribution in [1.29, 1.82) is 0 Å². The molecule has 3 heterocycles. The molecule has 1 saturated heterocycles. The first-order valence-electron chi connectivity index (χ1n) is 14.5. The van der Waals surface area contributed by atoms with E-state index in [0.717, 1.165) is 23.2 Å². The summed E-state index contributed by atoms with van der Waals surface area (Å²) >= 11 is 0. The average Bonchev–Trinajstić information content (AvgIpc) is 3.03. The van der Waals surface area contributed by atoms with Crippen LogP contribution in [0.5, 0.6) is 17.2 Å². The molecule has 43 heavy (non-hydrogen) atoms. The van der Waals surface area contributed by atoms with Crippen LogP contribution in [-0.2, 0) is 20.9 Å². The zero-order valence-corrected chi connectivity index (χ0v) is 24.5. The van der Waals surface area contributed by atoms with Gasteiger partial charge in [-0.25, -0.2) is 0 Å². The van der Waals surface area contributed by atoms with E-state index in [2.05, 4.69) is 15.5 Å². The van der Waals surface area contributed by atoms with Gasteiger partial charge in [0.05, 0.1) is 20.3 Å². The van der Waals surface area contributed by atoms with E-state index in [0.29, 0.717) is 61.7 Å². The fourth-order valence-corrected chi connectivity index (χ4v) is 5.37. The highest BCUT2D eigenvalue weighted by atomic mass is 16.5. The van der Waals surface area contributed by atoms with Crippen molar-refractivity contribution in [3.05, 3.63) is 77.9 Å². The van der Waals surface area contributed by atoms with Gasteiger partial charge in [0, 0.05) is 37.2 Å². The Morgan fingerprint density at radius 2 is 1.84 bits per heavy atom. The Bertz CT molecular complexity index is 1440. The van der Waals surface area contributed by atoms with Crippen LogP contribution in [0.2, 0.25) is 0 Å². The van der Waals surface area contributed by atoms with Crippen molar-refractivity contribution in [2.45, 2.75) is 38.0 Å². The molecular formula is C33H37N3O7. The molecule has 0 radical (unpaired) electrons. The maximum Gasteiger partial charge on any atom is 0.305 e. The number of likely N-dealkylation sites (tertiary alicyclic amines) is 1. The number of hydrogen-bond donors (Lipinski definition) is 2. The SMILES string of the molecule is COC(=O)CCCN1CC[C@H]2Oc3ccc(cc3)CNC(=O)COc3cccc(c3)-c3cc(ccc3OC)C(=O)N[C@@H]2C1. The molecule has 3 aromatic carbocycles. The summed E-state index contributed by atoms with van der Waals surface area (Å²) in [5.41, 5.74) is 2.91. The largest absolute Gasteiger partial charge is 0.496 e. The van der Waals surface area contributed by atoms with Gasteiger partial charge in [-0.3, -0.25) is 14.4 Å². The second-order valence-electron chi connectivity index (χ2n) is 10.7. The molecule has 0 aromatic heterocycles. The summed E-state index contributed by atoms with van der Waals surface area (Å²) in [7, 11) is 2.97. The van der Waals surface area contributed by atoms with Gasteiger partial charge in [0.1, 0.15) is 23.4 Å². The first kappa shape index (κ1) is 29.9. The number of esters is 1. The monoisotopic (exact) mass is 587 g/mol. The Labute approximate surface area is 251 Å².